The highest BCUT2D eigenvalue weighted by atomic mass is 32.1. The monoisotopic (exact) mass is 379 g/mol. The molecule has 0 aliphatic heterocycles. The molecule has 0 bridgehead atoms. The largest absolute Gasteiger partial charge is 0.444 e. The molecule has 0 radical (unpaired) electrons. The van der Waals surface area contributed by atoms with Crippen LogP contribution in [0.4, 0.5) is 21.0 Å². The Labute approximate surface area is 158 Å². The summed E-state index contributed by atoms with van der Waals surface area (Å²) in [7, 11) is 0. The summed E-state index contributed by atoms with van der Waals surface area (Å²) in [5.41, 5.74) is 8.11. The van der Waals surface area contributed by atoms with Gasteiger partial charge in [0.25, 0.3) is 0 Å². The highest BCUT2D eigenvalue weighted by molar-refractivity contribution is 7.17. The number of nitrogens with zero attached hydrogens (tertiary/aromatic N) is 3. The van der Waals surface area contributed by atoms with E-state index in [-0.39, 0.29) is 0 Å². The van der Waals surface area contributed by atoms with E-state index < -0.39 is 5.95 Å². The van der Waals surface area contributed by atoms with Crippen molar-refractivity contribution in [1.82, 2.24) is 15.0 Å². The number of halogens is 1. The number of hydrogen-bond acceptors (Lipinski definition) is 7. The van der Waals surface area contributed by atoms with Crippen molar-refractivity contribution in [2.45, 2.75) is 0 Å². The predicted molar refractivity (Wildman–Crippen MR) is 104 cm³/mol. The van der Waals surface area contributed by atoms with Crippen LogP contribution in [0, 0.1) is 5.95 Å². The molecule has 0 amide bonds. The van der Waals surface area contributed by atoms with Gasteiger partial charge in [-0.25, -0.2) is 15.0 Å². The van der Waals surface area contributed by atoms with Crippen LogP contribution < -0.4 is 15.8 Å². The average molecular weight is 379 g/mol. The summed E-state index contributed by atoms with van der Waals surface area (Å²) in [6, 6.07) is 16.0. The zero-order valence-electron chi connectivity index (χ0n) is 14.0. The van der Waals surface area contributed by atoms with Crippen LogP contribution in [-0.2, 0) is 0 Å². The molecule has 1 aromatic carbocycles. The number of thiazole rings is 1. The molecule has 0 saturated heterocycles. The molecule has 27 heavy (non-hydrogen) atoms. The van der Waals surface area contributed by atoms with Gasteiger partial charge in [-0.1, -0.05) is 41.7 Å². The predicted octanol–water partition coefficient (Wildman–Crippen LogP) is 4.86. The molecule has 3 aromatic heterocycles. The maximum atomic E-state index is 12.9. The molecule has 4 aromatic rings. The third-order valence-corrected chi connectivity index (χ3v) is 4.36. The highest BCUT2D eigenvalue weighted by Gasteiger charge is 2.14. The van der Waals surface area contributed by atoms with Gasteiger partial charge in [-0.2, -0.15) is 4.39 Å². The first-order valence-corrected chi connectivity index (χ1v) is 8.83. The van der Waals surface area contributed by atoms with E-state index in [0.717, 1.165) is 5.56 Å². The summed E-state index contributed by atoms with van der Waals surface area (Å²) in [5.74, 6) is 0.574. The Kier molecular flexibility index (Phi) is 4.63. The van der Waals surface area contributed by atoms with Gasteiger partial charge in [0.15, 0.2) is 5.13 Å². The molecular formula is C19H14FN5OS. The lowest BCUT2D eigenvalue weighted by Gasteiger charge is -2.08. The summed E-state index contributed by atoms with van der Waals surface area (Å²) in [4.78, 5) is 12.2. The molecule has 4 rings (SSSR count). The first-order valence-electron chi connectivity index (χ1n) is 8.01. The number of aromatic nitrogens is 3. The lowest BCUT2D eigenvalue weighted by atomic mass is 10.2. The SMILES string of the molecule is Nc1nc(-c2ccccc2)c(Oc2ccnc(Nc3ccc(F)nc3)c2)s1. The minimum Gasteiger partial charge on any atom is -0.444 e. The molecule has 0 fully saturated rings. The molecule has 0 unspecified atom stereocenters. The van der Waals surface area contributed by atoms with Crippen LogP contribution in [0.2, 0.25) is 0 Å². The van der Waals surface area contributed by atoms with Gasteiger partial charge in [0.2, 0.25) is 11.0 Å². The van der Waals surface area contributed by atoms with Crippen LogP contribution >= 0.6 is 11.3 Å². The van der Waals surface area contributed by atoms with E-state index in [2.05, 4.69) is 20.3 Å². The van der Waals surface area contributed by atoms with Gasteiger partial charge in [0.05, 0.1) is 11.9 Å². The van der Waals surface area contributed by atoms with Crippen molar-refractivity contribution in [1.29, 1.82) is 0 Å². The highest BCUT2D eigenvalue weighted by Crippen LogP contribution is 2.39. The van der Waals surface area contributed by atoms with Crippen LogP contribution in [0.25, 0.3) is 11.3 Å². The fourth-order valence-corrected chi connectivity index (χ4v) is 3.14. The number of ether oxygens (including phenoxy) is 1. The van der Waals surface area contributed by atoms with Gasteiger partial charge < -0.3 is 15.8 Å². The van der Waals surface area contributed by atoms with Crippen LogP contribution in [0.15, 0.2) is 67.0 Å². The second kappa shape index (κ2) is 7.38. The number of pyridine rings is 2. The van der Waals surface area contributed by atoms with Crippen molar-refractivity contribution in [3.63, 3.8) is 0 Å². The second-order valence-electron chi connectivity index (χ2n) is 5.53. The van der Waals surface area contributed by atoms with E-state index in [1.807, 2.05) is 30.3 Å². The standard InChI is InChI=1S/C19H14FN5OS/c20-15-7-6-13(11-23-15)24-16-10-14(8-9-22-16)26-18-17(25-19(21)27-18)12-4-2-1-3-5-12/h1-11H,(H2,21,25)(H,22,24). The third kappa shape index (κ3) is 4.01. The minimum absolute atomic E-state index is 0.425. The Morgan fingerprint density at radius 2 is 1.89 bits per heavy atom. The lowest BCUT2D eigenvalue weighted by molar-refractivity contribution is 0.496. The zero-order chi connectivity index (χ0) is 18.6. The van der Waals surface area contributed by atoms with E-state index in [1.54, 1.807) is 24.4 Å². The molecule has 8 heteroatoms. The summed E-state index contributed by atoms with van der Waals surface area (Å²) < 4.78 is 18.9. The van der Waals surface area contributed by atoms with E-state index in [1.165, 1.54) is 23.6 Å². The number of benzene rings is 1. The molecule has 0 saturated carbocycles. The Morgan fingerprint density at radius 3 is 2.67 bits per heavy atom. The van der Waals surface area contributed by atoms with Crippen molar-refractivity contribution in [3.8, 4) is 22.1 Å². The molecule has 0 aliphatic carbocycles. The van der Waals surface area contributed by atoms with Crippen molar-refractivity contribution >= 4 is 28.0 Å². The maximum absolute atomic E-state index is 12.9. The molecule has 0 spiro atoms. The van der Waals surface area contributed by atoms with Crippen LogP contribution in [0.5, 0.6) is 10.8 Å². The zero-order valence-corrected chi connectivity index (χ0v) is 14.8. The number of nitrogens with two attached hydrogens (primary N) is 1. The van der Waals surface area contributed by atoms with Crippen molar-refractivity contribution < 1.29 is 9.13 Å². The Bertz CT molecular complexity index is 1050. The summed E-state index contributed by atoms with van der Waals surface area (Å²) in [6.07, 6.45) is 3.00. The molecular weight excluding hydrogens is 365 g/mol. The van der Waals surface area contributed by atoms with Gasteiger partial charge in [-0.15, -0.1) is 0 Å². The molecule has 3 heterocycles. The Morgan fingerprint density at radius 1 is 1.04 bits per heavy atom. The van der Waals surface area contributed by atoms with Gasteiger partial charge in [-0.05, 0) is 18.2 Å². The fourth-order valence-electron chi connectivity index (χ4n) is 2.42. The van der Waals surface area contributed by atoms with Crippen molar-refractivity contribution in [3.05, 3.63) is 72.9 Å². The van der Waals surface area contributed by atoms with E-state index >= 15 is 0 Å². The number of nitrogens with one attached hydrogen (secondary N) is 1. The van der Waals surface area contributed by atoms with Gasteiger partial charge in [-0.3, -0.25) is 0 Å². The molecule has 3 N–H and O–H groups in total. The van der Waals surface area contributed by atoms with Crippen LogP contribution in [0.1, 0.15) is 0 Å². The van der Waals surface area contributed by atoms with E-state index in [0.29, 0.717) is 33.1 Å². The second-order valence-corrected chi connectivity index (χ2v) is 6.52. The summed E-state index contributed by atoms with van der Waals surface area (Å²) in [6.45, 7) is 0. The normalized spacial score (nSPS) is 10.6. The molecule has 0 atom stereocenters. The van der Waals surface area contributed by atoms with E-state index in [4.69, 9.17) is 10.5 Å². The lowest BCUT2D eigenvalue weighted by Crippen LogP contribution is -1.95. The first-order chi connectivity index (χ1) is 13.2. The van der Waals surface area contributed by atoms with Gasteiger partial charge in [0, 0.05) is 17.8 Å². The maximum Gasteiger partial charge on any atom is 0.212 e. The number of rotatable bonds is 5. The molecule has 6 nitrogen and oxygen atoms in total. The average Bonchev–Trinajstić information content (AvgIpc) is 3.05. The van der Waals surface area contributed by atoms with Gasteiger partial charge >= 0.3 is 0 Å². The van der Waals surface area contributed by atoms with E-state index in [9.17, 15) is 4.39 Å². The Balaban J connectivity index is 1.58. The van der Waals surface area contributed by atoms with Crippen molar-refractivity contribution in [2.24, 2.45) is 0 Å². The number of anilines is 3. The first kappa shape index (κ1) is 16.9. The van der Waals surface area contributed by atoms with Gasteiger partial charge in [0.1, 0.15) is 17.3 Å². The van der Waals surface area contributed by atoms with Crippen molar-refractivity contribution in [2.75, 3.05) is 11.1 Å². The topological polar surface area (TPSA) is 86.0 Å². The Hall–Kier alpha value is -3.52. The number of hydrogen-bond donors (Lipinski definition) is 2. The fraction of sp³-hybridized carbons (Fsp3) is 0. The smallest absolute Gasteiger partial charge is 0.212 e. The minimum atomic E-state index is -0.540. The third-order valence-electron chi connectivity index (χ3n) is 3.60. The molecule has 0 aliphatic rings. The summed E-state index contributed by atoms with van der Waals surface area (Å²) >= 11 is 1.27. The summed E-state index contributed by atoms with van der Waals surface area (Å²) in [5, 5.41) is 4.07. The van der Waals surface area contributed by atoms with Crippen LogP contribution in [0.3, 0.4) is 0 Å². The number of nitrogen functional groups attached to an aromatic ring is 1. The quantitative estimate of drug-likeness (QED) is 0.482. The van der Waals surface area contributed by atoms with Crippen LogP contribution in [-0.4, -0.2) is 15.0 Å². The molecule has 134 valence electrons.